The van der Waals surface area contributed by atoms with E-state index in [-0.39, 0.29) is 22.4 Å². The lowest BCUT2D eigenvalue weighted by atomic mass is 10.0. The quantitative estimate of drug-likeness (QED) is 0.292. The fraction of sp³-hybridized carbons (Fsp3) is 0.375. The van der Waals surface area contributed by atoms with Gasteiger partial charge in [-0.2, -0.15) is 0 Å². The lowest BCUT2D eigenvalue weighted by Crippen LogP contribution is -2.42. The van der Waals surface area contributed by atoms with E-state index in [1.165, 1.54) is 18.9 Å². The second kappa shape index (κ2) is 11.4. The fourth-order valence-electron chi connectivity index (χ4n) is 6.27. The van der Waals surface area contributed by atoms with Gasteiger partial charge in [-0.3, -0.25) is 14.5 Å². The number of halogens is 1. The highest BCUT2D eigenvalue weighted by Gasteiger charge is 2.29. The highest BCUT2D eigenvalue weighted by atomic mass is 19.1. The van der Waals surface area contributed by atoms with Crippen LogP contribution in [0.1, 0.15) is 23.2 Å². The minimum atomic E-state index is -0.587. The number of hydrogen-bond acceptors (Lipinski definition) is 7. The average Bonchev–Trinajstić information content (AvgIpc) is 3.53. The molecule has 2 N–H and O–H groups in total. The molecule has 1 aromatic heterocycles. The van der Waals surface area contributed by atoms with Crippen molar-refractivity contribution in [2.45, 2.75) is 12.8 Å². The Bertz CT molecular complexity index is 1730. The molecule has 4 heterocycles. The number of hydrogen-bond donors (Lipinski definition) is 2. The Labute approximate surface area is 242 Å². The number of carbonyl (C=O) groups is 1. The predicted octanol–water partition coefficient (Wildman–Crippen LogP) is 3.96. The molecule has 0 unspecified atom stereocenters. The zero-order valence-corrected chi connectivity index (χ0v) is 23.5. The van der Waals surface area contributed by atoms with Gasteiger partial charge in [0.2, 0.25) is 5.43 Å². The topological polar surface area (TPSA) is 88.1 Å². The number of nitrogens with zero attached hydrogens (tertiary/aromatic N) is 3. The van der Waals surface area contributed by atoms with Crippen molar-refractivity contribution >= 4 is 33.3 Å². The highest BCUT2D eigenvalue weighted by Crippen LogP contribution is 2.47. The van der Waals surface area contributed by atoms with Crippen molar-refractivity contribution in [1.82, 2.24) is 19.7 Å². The standard InChI is InChI=1S/C32H34FN5O4/c33-25-19-23-28-31(27(25)34-9-13-36-11-3-4-12-36)42-30-22-6-2-1-5-21(22)7-8-26(30)38(28)20-24(29(23)39)32(40)35-10-14-37-15-17-41-18-16-37/h1-2,5-8,19-20,34H,3-4,9-18H2,(H,35,40). The van der Waals surface area contributed by atoms with Gasteiger partial charge in [0.15, 0.2) is 17.3 Å². The second-order valence-electron chi connectivity index (χ2n) is 11.1. The van der Waals surface area contributed by atoms with E-state index in [1.54, 1.807) is 10.8 Å². The van der Waals surface area contributed by atoms with Crippen molar-refractivity contribution in [2.24, 2.45) is 0 Å². The van der Waals surface area contributed by atoms with E-state index in [9.17, 15) is 9.59 Å². The van der Waals surface area contributed by atoms with Gasteiger partial charge in [0, 0.05) is 50.9 Å². The monoisotopic (exact) mass is 571 g/mol. The first-order chi connectivity index (χ1) is 20.6. The van der Waals surface area contributed by atoms with Crippen LogP contribution in [0.3, 0.4) is 0 Å². The van der Waals surface area contributed by atoms with Gasteiger partial charge in [-0.25, -0.2) is 4.39 Å². The number of fused-ring (bicyclic) bond motifs is 4. The van der Waals surface area contributed by atoms with Crippen LogP contribution in [0.2, 0.25) is 0 Å². The van der Waals surface area contributed by atoms with Crippen molar-refractivity contribution in [3.63, 3.8) is 0 Å². The van der Waals surface area contributed by atoms with E-state index >= 15 is 4.39 Å². The number of morpholine rings is 1. The van der Waals surface area contributed by atoms with E-state index in [0.717, 1.165) is 43.5 Å². The third kappa shape index (κ3) is 4.89. The number of likely N-dealkylation sites (tertiary alicyclic amines) is 1. The molecule has 10 heteroatoms. The minimum absolute atomic E-state index is 0.0365. The van der Waals surface area contributed by atoms with Gasteiger partial charge in [-0.15, -0.1) is 0 Å². The number of benzene rings is 3. The summed E-state index contributed by atoms with van der Waals surface area (Å²) in [7, 11) is 0. The average molecular weight is 572 g/mol. The molecule has 4 aromatic rings. The van der Waals surface area contributed by atoms with E-state index in [2.05, 4.69) is 20.4 Å². The molecule has 9 nitrogen and oxygen atoms in total. The van der Waals surface area contributed by atoms with Gasteiger partial charge in [0.25, 0.3) is 5.91 Å². The summed E-state index contributed by atoms with van der Waals surface area (Å²) in [6.07, 6.45) is 3.93. The molecule has 0 aliphatic carbocycles. The zero-order chi connectivity index (χ0) is 28.6. The molecule has 3 aromatic carbocycles. The number of anilines is 1. The maximum absolute atomic E-state index is 15.8. The molecule has 0 bridgehead atoms. The van der Waals surface area contributed by atoms with Gasteiger partial charge in [0.1, 0.15) is 16.8 Å². The number of rotatable bonds is 8. The van der Waals surface area contributed by atoms with Crippen LogP contribution in [0.25, 0.3) is 27.4 Å². The lowest BCUT2D eigenvalue weighted by Gasteiger charge is -2.28. The number of nitrogens with one attached hydrogen (secondary N) is 2. The molecule has 42 heavy (non-hydrogen) atoms. The molecule has 218 valence electrons. The Morgan fingerprint density at radius 2 is 1.67 bits per heavy atom. The van der Waals surface area contributed by atoms with Crippen molar-refractivity contribution in [1.29, 1.82) is 0 Å². The van der Waals surface area contributed by atoms with Crippen LogP contribution in [0.5, 0.6) is 11.5 Å². The van der Waals surface area contributed by atoms with Gasteiger partial charge in [0.05, 0.1) is 24.3 Å². The Kier molecular flexibility index (Phi) is 7.27. The van der Waals surface area contributed by atoms with Crippen molar-refractivity contribution < 1.29 is 18.7 Å². The molecule has 0 atom stereocenters. The van der Waals surface area contributed by atoms with Gasteiger partial charge in [-0.1, -0.05) is 30.3 Å². The van der Waals surface area contributed by atoms with Crippen LogP contribution in [-0.4, -0.2) is 85.8 Å². The Balaban J connectivity index is 1.29. The molecule has 2 fully saturated rings. The summed E-state index contributed by atoms with van der Waals surface area (Å²) in [6, 6.07) is 12.9. The molecule has 0 radical (unpaired) electrons. The SMILES string of the molecule is O=C(NCCN1CCOCC1)c1cn2c3c(c(NCCN4CCCC4)c(F)cc3c1=O)Oc1c-2ccc2ccccc12. The molecule has 0 saturated carbocycles. The third-order valence-corrected chi connectivity index (χ3v) is 8.51. The first kappa shape index (κ1) is 26.9. The Morgan fingerprint density at radius 3 is 2.50 bits per heavy atom. The van der Waals surface area contributed by atoms with Crippen LogP contribution in [0.15, 0.2) is 53.5 Å². The maximum Gasteiger partial charge on any atom is 0.256 e. The number of aromatic nitrogens is 1. The smallest absolute Gasteiger partial charge is 0.256 e. The molecular weight excluding hydrogens is 537 g/mol. The van der Waals surface area contributed by atoms with Gasteiger partial charge < -0.3 is 29.6 Å². The first-order valence-electron chi connectivity index (χ1n) is 14.7. The van der Waals surface area contributed by atoms with Crippen molar-refractivity contribution in [2.75, 3.05) is 70.9 Å². The van der Waals surface area contributed by atoms with Crippen molar-refractivity contribution in [3.05, 3.63) is 70.3 Å². The molecule has 1 amide bonds. The summed E-state index contributed by atoms with van der Waals surface area (Å²) < 4.78 is 29.5. The summed E-state index contributed by atoms with van der Waals surface area (Å²) in [4.78, 5) is 31.6. The van der Waals surface area contributed by atoms with Crippen LogP contribution in [0, 0.1) is 5.82 Å². The van der Waals surface area contributed by atoms with E-state index < -0.39 is 17.2 Å². The summed E-state index contributed by atoms with van der Waals surface area (Å²) in [5, 5.41) is 8.08. The summed E-state index contributed by atoms with van der Waals surface area (Å²) in [6.45, 7) is 7.40. The van der Waals surface area contributed by atoms with Crippen LogP contribution in [0.4, 0.5) is 10.1 Å². The number of pyridine rings is 1. The molecule has 2 saturated heterocycles. The number of amides is 1. The van der Waals surface area contributed by atoms with E-state index in [0.29, 0.717) is 49.8 Å². The third-order valence-electron chi connectivity index (χ3n) is 8.51. The highest BCUT2D eigenvalue weighted by molar-refractivity contribution is 6.03. The van der Waals surface area contributed by atoms with Crippen LogP contribution < -0.4 is 20.8 Å². The largest absolute Gasteiger partial charge is 0.450 e. The minimum Gasteiger partial charge on any atom is -0.450 e. The second-order valence-corrected chi connectivity index (χ2v) is 11.1. The lowest BCUT2D eigenvalue weighted by molar-refractivity contribution is 0.0383. The van der Waals surface area contributed by atoms with Gasteiger partial charge >= 0.3 is 0 Å². The maximum atomic E-state index is 15.8. The number of carbonyl (C=O) groups excluding carboxylic acids is 1. The predicted molar refractivity (Wildman–Crippen MR) is 161 cm³/mol. The number of ether oxygens (including phenoxy) is 2. The normalized spacial score (nSPS) is 16.9. The van der Waals surface area contributed by atoms with Crippen molar-refractivity contribution in [3.8, 4) is 17.2 Å². The Hall–Kier alpha value is -3.99. The fourth-order valence-corrected chi connectivity index (χ4v) is 6.27. The van der Waals surface area contributed by atoms with Crippen LogP contribution in [-0.2, 0) is 4.74 Å². The van der Waals surface area contributed by atoms with Crippen LogP contribution >= 0.6 is 0 Å². The first-order valence-corrected chi connectivity index (χ1v) is 14.7. The van der Waals surface area contributed by atoms with E-state index in [4.69, 9.17) is 9.47 Å². The molecule has 3 aliphatic heterocycles. The summed E-state index contributed by atoms with van der Waals surface area (Å²) >= 11 is 0. The molecular formula is C32H34FN5O4. The molecule has 7 rings (SSSR count). The summed E-state index contributed by atoms with van der Waals surface area (Å²) in [5.74, 6) is -0.261. The molecule has 3 aliphatic rings. The van der Waals surface area contributed by atoms with E-state index in [1.807, 2.05) is 36.4 Å². The Morgan fingerprint density at radius 1 is 0.905 bits per heavy atom. The molecule has 0 spiro atoms. The van der Waals surface area contributed by atoms with Gasteiger partial charge in [-0.05, 0) is 43.5 Å². The summed E-state index contributed by atoms with van der Waals surface area (Å²) in [5.41, 5.74) is 0.782. The zero-order valence-electron chi connectivity index (χ0n) is 23.5.